The third kappa shape index (κ3) is 4.26. The minimum Gasteiger partial charge on any atom is -0.325 e. The predicted molar refractivity (Wildman–Crippen MR) is 60.3 cm³/mol. The van der Waals surface area contributed by atoms with Gasteiger partial charge in [0.2, 0.25) is 5.91 Å². The molecule has 1 rings (SSSR count). The molecule has 1 N–H and O–H groups in total. The Balaban J connectivity index is 3.41. The molecule has 3 nitrogen and oxygen atoms in total. The average Bonchev–Trinajstić information content (AvgIpc) is 2.28. The Kier molecular flexibility index (Phi) is 4.73. The number of hydrogen-bond acceptors (Lipinski definition) is 2. The maximum atomic E-state index is 12.7. The van der Waals surface area contributed by atoms with Gasteiger partial charge in [-0.05, 0) is 12.1 Å². The Morgan fingerprint density at radius 3 is 1.90 bits per heavy atom. The van der Waals surface area contributed by atoms with Crippen molar-refractivity contribution in [3.8, 4) is 6.07 Å². The van der Waals surface area contributed by atoms with Gasteiger partial charge in [0.1, 0.15) is 6.42 Å². The number of nitrogens with one attached hydrogen (secondary N) is 1. The van der Waals surface area contributed by atoms with Gasteiger partial charge in [-0.3, -0.25) is 4.79 Å². The number of benzene rings is 1. The second-order valence-electron chi connectivity index (χ2n) is 3.76. The van der Waals surface area contributed by atoms with Crippen molar-refractivity contribution in [3.63, 3.8) is 0 Å². The van der Waals surface area contributed by atoms with Crippen LogP contribution in [0.25, 0.3) is 0 Å². The van der Waals surface area contributed by atoms with Crippen LogP contribution in [0.4, 0.5) is 32.0 Å². The molecular weight excluding hydrogens is 326 g/mol. The van der Waals surface area contributed by atoms with Crippen LogP contribution in [0.5, 0.6) is 0 Å². The monoisotopic (exact) mass is 330 g/mol. The predicted octanol–water partition coefficient (Wildman–Crippen LogP) is 4.23. The highest BCUT2D eigenvalue weighted by Gasteiger charge is 2.41. The minimum absolute atomic E-state index is 0.271. The van der Waals surface area contributed by atoms with E-state index in [-0.39, 0.29) is 12.1 Å². The first-order valence-corrected chi connectivity index (χ1v) is 5.49. The molecular formula is C11H5ClF6N2O. The van der Waals surface area contributed by atoms with Gasteiger partial charge in [0.05, 0.1) is 22.2 Å². The number of nitriles is 1. The SMILES string of the molecule is N#CCC(=O)Nc1cc(C(F)(F)F)c(Cl)c(C(F)(F)F)c1. The summed E-state index contributed by atoms with van der Waals surface area (Å²) in [4.78, 5) is 11.1. The summed E-state index contributed by atoms with van der Waals surface area (Å²) in [5.74, 6) is -1.04. The first kappa shape index (κ1) is 17.1. The first-order valence-electron chi connectivity index (χ1n) is 5.11. The van der Waals surface area contributed by atoms with E-state index in [0.717, 1.165) is 0 Å². The second-order valence-corrected chi connectivity index (χ2v) is 4.14. The van der Waals surface area contributed by atoms with Crippen molar-refractivity contribution in [2.45, 2.75) is 18.8 Å². The summed E-state index contributed by atoms with van der Waals surface area (Å²) in [6.07, 6.45) is -11.0. The number of carbonyl (C=O) groups is 1. The number of hydrogen-bond donors (Lipinski definition) is 1. The fraction of sp³-hybridized carbons (Fsp3) is 0.273. The molecule has 0 fully saturated rings. The lowest BCUT2D eigenvalue weighted by atomic mass is 10.1. The van der Waals surface area contributed by atoms with Crippen LogP contribution in [0.15, 0.2) is 12.1 Å². The Labute approximate surface area is 119 Å². The van der Waals surface area contributed by atoms with Crippen LogP contribution < -0.4 is 5.32 Å². The molecule has 0 spiro atoms. The van der Waals surface area contributed by atoms with E-state index in [1.54, 1.807) is 5.32 Å². The van der Waals surface area contributed by atoms with Gasteiger partial charge in [0.15, 0.2) is 0 Å². The number of rotatable bonds is 2. The van der Waals surface area contributed by atoms with E-state index in [2.05, 4.69) is 0 Å². The molecule has 0 aliphatic rings. The fourth-order valence-electron chi connectivity index (χ4n) is 1.39. The summed E-state index contributed by atoms with van der Waals surface area (Å²) in [6, 6.07) is 1.95. The van der Waals surface area contributed by atoms with Crippen molar-refractivity contribution in [1.82, 2.24) is 0 Å². The van der Waals surface area contributed by atoms with Crippen molar-refractivity contribution in [3.05, 3.63) is 28.3 Å². The van der Waals surface area contributed by atoms with Crippen molar-refractivity contribution in [2.24, 2.45) is 0 Å². The first-order chi connectivity index (χ1) is 9.46. The van der Waals surface area contributed by atoms with Crippen LogP contribution in [0.1, 0.15) is 17.5 Å². The van der Waals surface area contributed by atoms with Gasteiger partial charge >= 0.3 is 12.4 Å². The van der Waals surface area contributed by atoms with E-state index in [9.17, 15) is 31.1 Å². The molecule has 0 aliphatic heterocycles. The lowest BCUT2D eigenvalue weighted by molar-refractivity contribution is -0.142. The molecule has 0 bridgehead atoms. The van der Waals surface area contributed by atoms with Crippen LogP contribution in [-0.4, -0.2) is 5.91 Å². The zero-order valence-corrected chi connectivity index (χ0v) is 10.6. The van der Waals surface area contributed by atoms with Gasteiger partial charge in [0, 0.05) is 5.69 Å². The van der Waals surface area contributed by atoms with E-state index in [1.807, 2.05) is 0 Å². The van der Waals surface area contributed by atoms with Gasteiger partial charge in [-0.1, -0.05) is 11.6 Å². The van der Waals surface area contributed by atoms with E-state index in [1.165, 1.54) is 6.07 Å². The third-order valence-electron chi connectivity index (χ3n) is 2.21. The van der Waals surface area contributed by atoms with Crippen molar-refractivity contribution >= 4 is 23.2 Å². The van der Waals surface area contributed by atoms with Gasteiger partial charge < -0.3 is 5.32 Å². The highest BCUT2D eigenvalue weighted by Crippen LogP contribution is 2.43. The lowest BCUT2D eigenvalue weighted by Gasteiger charge is -2.17. The number of amides is 1. The van der Waals surface area contributed by atoms with Crippen LogP contribution in [0, 0.1) is 11.3 Å². The molecule has 0 aliphatic carbocycles. The molecule has 0 saturated heterocycles. The fourth-order valence-corrected chi connectivity index (χ4v) is 1.71. The maximum absolute atomic E-state index is 12.7. The minimum atomic E-state index is -5.13. The maximum Gasteiger partial charge on any atom is 0.417 e. The van der Waals surface area contributed by atoms with Crippen LogP contribution in [-0.2, 0) is 17.1 Å². The molecule has 21 heavy (non-hydrogen) atoms. The van der Waals surface area contributed by atoms with Crippen LogP contribution in [0.2, 0.25) is 5.02 Å². The molecule has 0 atom stereocenters. The summed E-state index contributed by atoms with van der Waals surface area (Å²) in [7, 11) is 0. The molecule has 10 heteroatoms. The van der Waals surface area contributed by atoms with E-state index in [4.69, 9.17) is 16.9 Å². The molecule has 0 saturated carbocycles. The van der Waals surface area contributed by atoms with E-state index in [0.29, 0.717) is 0 Å². The molecule has 0 unspecified atom stereocenters. The number of carbonyl (C=O) groups excluding carboxylic acids is 1. The Morgan fingerprint density at radius 1 is 1.14 bits per heavy atom. The normalized spacial score (nSPS) is 11.9. The lowest BCUT2D eigenvalue weighted by Crippen LogP contribution is -2.16. The summed E-state index contributed by atoms with van der Waals surface area (Å²) in [5.41, 5.74) is -4.21. The molecule has 1 aromatic rings. The van der Waals surface area contributed by atoms with Crippen LogP contribution >= 0.6 is 11.6 Å². The molecule has 1 amide bonds. The van der Waals surface area contributed by atoms with E-state index < -0.39 is 46.5 Å². The molecule has 0 aromatic heterocycles. The quantitative estimate of drug-likeness (QED) is 0.825. The topological polar surface area (TPSA) is 52.9 Å². The largest absolute Gasteiger partial charge is 0.417 e. The zero-order valence-electron chi connectivity index (χ0n) is 9.86. The Bertz CT molecular complexity index is 567. The van der Waals surface area contributed by atoms with E-state index >= 15 is 0 Å². The smallest absolute Gasteiger partial charge is 0.325 e. The number of anilines is 1. The highest BCUT2D eigenvalue weighted by molar-refractivity contribution is 6.32. The number of halogens is 7. The zero-order chi connectivity index (χ0) is 16.4. The summed E-state index contributed by atoms with van der Waals surface area (Å²) >= 11 is 5.14. The van der Waals surface area contributed by atoms with Crippen molar-refractivity contribution in [2.75, 3.05) is 5.32 Å². The second kappa shape index (κ2) is 5.81. The Hall–Kier alpha value is -1.95. The average molecular weight is 331 g/mol. The number of alkyl halides is 6. The summed E-state index contributed by atoms with van der Waals surface area (Å²) in [5, 5.41) is 8.50. The number of nitrogens with zero attached hydrogens (tertiary/aromatic N) is 1. The van der Waals surface area contributed by atoms with Gasteiger partial charge in [0.25, 0.3) is 0 Å². The standard InChI is InChI=1S/C11H5ClF6N2O/c12-9-6(10(13,14)15)3-5(20-8(21)1-2-19)4-7(9)11(16,17)18/h3-4H,1H2,(H,20,21). The van der Waals surface area contributed by atoms with Crippen LogP contribution in [0.3, 0.4) is 0 Å². The van der Waals surface area contributed by atoms with Gasteiger partial charge in [-0.2, -0.15) is 31.6 Å². The Morgan fingerprint density at radius 2 is 1.57 bits per heavy atom. The van der Waals surface area contributed by atoms with Gasteiger partial charge in [-0.15, -0.1) is 0 Å². The molecule has 0 radical (unpaired) electrons. The molecule has 1 aromatic carbocycles. The summed E-state index contributed by atoms with van der Waals surface area (Å²) < 4.78 is 76.0. The van der Waals surface area contributed by atoms with Crippen molar-refractivity contribution < 1.29 is 31.1 Å². The molecule has 114 valence electrons. The van der Waals surface area contributed by atoms with Gasteiger partial charge in [-0.25, -0.2) is 0 Å². The summed E-state index contributed by atoms with van der Waals surface area (Å²) in [6.45, 7) is 0. The highest BCUT2D eigenvalue weighted by atomic mass is 35.5. The molecule has 0 heterocycles. The van der Waals surface area contributed by atoms with Crippen molar-refractivity contribution in [1.29, 1.82) is 5.26 Å². The third-order valence-corrected chi connectivity index (χ3v) is 2.61.